The van der Waals surface area contributed by atoms with Crippen LogP contribution in [0.15, 0.2) is 35.3 Å². The summed E-state index contributed by atoms with van der Waals surface area (Å²) < 4.78 is 0. The van der Waals surface area contributed by atoms with E-state index in [0.717, 1.165) is 22.1 Å². The third kappa shape index (κ3) is 5.11. The van der Waals surface area contributed by atoms with E-state index in [2.05, 4.69) is 27.4 Å². The predicted octanol–water partition coefficient (Wildman–Crippen LogP) is 2.65. The Morgan fingerprint density at radius 1 is 1.26 bits per heavy atom. The van der Waals surface area contributed by atoms with Crippen molar-refractivity contribution in [3.63, 3.8) is 0 Å². The Balaban J connectivity index is 0.00000180. The maximum atomic E-state index is 5.79. The monoisotopic (exact) mass is 389 g/mol. The number of aliphatic imine (C=N–C) groups is 1. The molecular formula is C12H16IN5S. The third-order valence-corrected chi connectivity index (χ3v) is 3.29. The van der Waals surface area contributed by atoms with Crippen molar-refractivity contribution in [3.05, 3.63) is 40.3 Å². The molecule has 5 nitrogen and oxygen atoms in total. The van der Waals surface area contributed by atoms with Gasteiger partial charge in [0.25, 0.3) is 0 Å². The summed E-state index contributed by atoms with van der Waals surface area (Å²) in [6.07, 6.45) is 0.902. The molecule has 0 spiro atoms. The van der Waals surface area contributed by atoms with Gasteiger partial charge in [0.05, 0.1) is 6.54 Å². The highest BCUT2D eigenvalue weighted by Crippen LogP contribution is 2.11. The van der Waals surface area contributed by atoms with Gasteiger partial charge in [0.2, 0.25) is 0 Å². The maximum Gasteiger partial charge on any atom is 0.193 e. The summed E-state index contributed by atoms with van der Waals surface area (Å²) >= 11 is 1.57. The fourth-order valence-electron chi connectivity index (χ4n) is 1.36. The van der Waals surface area contributed by atoms with Crippen LogP contribution in [0.2, 0.25) is 0 Å². The van der Waals surface area contributed by atoms with Crippen LogP contribution >= 0.6 is 35.3 Å². The van der Waals surface area contributed by atoms with Crippen molar-refractivity contribution >= 4 is 47.0 Å². The highest BCUT2D eigenvalue weighted by atomic mass is 127. The van der Waals surface area contributed by atoms with Gasteiger partial charge in [0.15, 0.2) is 5.96 Å². The van der Waals surface area contributed by atoms with Gasteiger partial charge in [-0.05, 0) is 18.6 Å². The number of guanidine groups is 1. The van der Waals surface area contributed by atoms with Crippen LogP contribution in [0, 0.1) is 0 Å². The van der Waals surface area contributed by atoms with Crippen LogP contribution in [0.4, 0.5) is 5.69 Å². The quantitative estimate of drug-likeness (QED) is 0.479. The standard InChI is InChI=1S/C12H15N5S.HI/c1-2-10-16-17-11(18-10)8-14-12(13)15-9-6-4-3-5-7-9;/h3-7H,2,8H2,1H3,(H3,13,14,15);1H. The topological polar surface area (TPSA) is 76.2 Å². The number of hydrogen-bond acceptors (Lipinski definition) is 4. The number of anilines is 1. The SMILES string of the molecule is CCc1nnc(CN=C(N)Nc2ccccc2)s1.I. The van der Waals surface area contributed by atoms with Crippen molar-refractivity contribution in [1.29, 1.82) is 0 Å². The molecule has 0 atom stereocenters. The summed E-state index contributed by atoms with van der Waals surface area (Å²) in [5.41, 5.74) is 6.71. The van der Waals surface area contributed by atoms with Crippen LogP contribution in [-0.2, 0) is 13.0 Å². The smallest absolute Gasteiger partial charge is 0.193 e. The van der Waals surface area contributed by atoms with Crippen molar-refractivity contribution in [3.8, 4) is 0 Å². The van der Waals surface area contributed by atoms with Gasteiger partial charge in [-0.3, -0.25) is 0 Å². The summed E-state index contributed by atoms with van der Waals surface area (Å²) in [7, 11) is 0. The average Bonchev–Trinajstić information content (AvgIpc) is 2.85. The zero-order valence-corrected chi connectivity index (χ0v) is 13.7. The molecule has 2 rings (SSSR count). The second-order valence-electron chi connectivity index (χ2n) is 3.64. The lowest BCUT2D eigenvalue weighted by molar-refractivity contribution is 0.921. The van der Waals surface area contributed by atoms with Crippen LogP contribution in [0.3, 0.4) is 0 Å². The minimum absolute atomic E-state index is 0. The fraction of sp³-hybridized carbons (Fsp3) is 0.250. The van der Waals surface area contributed by atoms with Crippen LogP contribution in [0.5, 0.6) is 0 Å². The van der Waals surface area contributed by atoms with Gasteiger partial charge in [-0.25, -0.2) is 4.99 Å². The Labute approximate surface area is 133 Å². The highest BCUT2D eigenvalue weighted by Gasteiger charge is 2.01. The zero-order chi connectivity index (χ0) is 12.8. The van der Waals surface area contributed by atoms with Crippen LogP contribution < -0.4 is 11.1 Å². The van der Waals surface area contributed by atoms with Gasteiger partial charge >= 0.3 is 0 Å². The molecule has 102 valence electrons. The number of nitrogens with one attached hydrogen (secondary N) is 1. The normalized spacial score (nSPS) is 10.9. The number of aryl methyl sites for hydroxylation is 1. The zero-order valence-electron chi connectivity index (χ0n) is 10.5. The van der Waals surface area contributed by atoms with Crippen molar-refractivity contribution in [2.45, 2.75) is 19.9 Å². The van der Waals surface area contributed by atoms with Crippen molar-refractivity contribution in [2.24, 2.45) is 10.7 Å². The average molecular weight is 389 g/mol. The molecule has 1 heterocycles. The van der Waals surface area contributed by atoms with Crippen LogP contribution in [0.1, 0.15) is 16.9 Å². The lowest BCUT2D eigenvalue weighted by Crippen LogP contribution is -2.22. The second kappa shape index (κ2) is 8.05. The number of benzene rings is 1. The van der Waals surface area contributed by atoms with Crippen molar-refractivity contribution in [2.75, 3.05) is 5.32 Å². The number of para-hydroxylation sites is 1. The van der Waals surface area contributed by atoms with Crippen molar-refractivity contribution < 1.29 is 0 Å². The first-order chi connectivity index (χ1) is 8.78. The van der Waals surface area contributed by atoms with E-state index in [1.807, 2.05) is 30.3 Å². The largest absolute Gasteiger partial charge is 0.370 e. The van der Waals surface area contributed by atoms with E-state index in [-0.39, 0.29) is 24.0 Å². The van der Waals surface area contributed by atoms with Crippen molar-refractivity contribution in [1.82, 2.24) is 10.2 Å². The fourth-order valence-corrected chi connectivity index (χ4v) is 2.07. The number of hydrogen-bond donors (Lipinski definition) is 2. The van der Waals surface area contributed by atoms with E-state index in [4.69, 9.17) is 5.73 Å². The van der Waals surface area contributed by atoms with Gasteiger partial charge in [0, 0.05) is 5.69 Å². The van der Waals surface area contributed by atoms with Crippen LogP contribution in [0.25, 0.3) is 0 Å². The molecule has 19 heavy (non-hydrogen) atoms. The molecule has 0 saturated heterocycles. The van der Waals surface area contributed by atoms with Gasteiger partial charge in [-0.15, -0.1) is 34.2 Å². The molecule has 0 unspecified atom stereocenters. The van der Waals surface area contributed by atoms with E-state index in [1.54, 1.807) is 11.3 Å². The van der Waals surface area contributed by atoms with E-state index in [0.29, 0.717) is 12.5 Å². The van der Waals surface area contributed by atoms with Gasteiger partial charge < -0.3 is 11.1 Å². The first-order valence-corrected chi connectivity index (χ1v) is 6.53. The molecule has 1 aromatic carbocycles. The highest BCUT2D eigenvalue weighted by molar-refractivity contribution is 14.0. The number of aromatic nitrogens is 2. The minimum atomic E-state index is 0. The number of nitrogens with two attached hydrogens (primary N) is 1. The van der Waals surface area contributed by atoms with E-state index in [1.165, 1.54) is 0 Å². The number of rotatable bonds is 4. The van der Waals surface area contributed by atoms with E-state index >= 15 is 0 Å². The first-order valence-electron chi connectivity index (χ1n) is 5.71. The van der Waals surface area contributed by atoms with E-state index in [9.17, 15) is 0 Å². The molecule has 0 bridgehead atoms. The van der Waals surface area contributed by atoms with Crippen LogP contribution in [-0.4, -0.2) is 16.2 Å². The summed E-state index contributed by atoms with van der Waals surface area (Å²) in [6.45, 7) is 2.52. The van der Waals surface area contributed by atoms with Gasteiger partial charge in [0.1, 0.15) is 10.0 Å². The molecule has 0 aliphatic rings. The van der Waals surface area contributed by atoms with Gasteiger partial charge in [-0.1, -0.05) is 36.5 Å². The maximum absolute atomic E-state index is 5.79. The molecule has 1 aromatic heterocycles. The van der Waals surface area contributed by atoms with E-state index < -0.39 is 0 Å². The molecule has 2 aromatic rings. The van der Waals surface area contributed by atoms with Gasteiger partial charge in [-0.2, -0.15) is 0 Å². The minimum Gasteiger partial charge on any atom is -0.370 e. The Hall–Kier alpha value is -1.22. The lowest BCUT2D eigenvalue weighted by Gasteiger charge is -2.03. The summed E-state index contributed by atoms with van der Waals surface area (Å²) in [6, 6.07) is 9.69. The number of halogens is 1. The Morgan fingerprint density at radius 2 is 1.95 bits per heavy atom. The second-order valence-corrected chi connectivity index (χ2v) is 4.78. The Bertz CT molecular complexity index is 526. The molecule has 0 fully saturated rings. The summed E-state index contributed by atoms with van der Waals surface area (Å²) in [5, 5.41) is 13.0. The molecule has 0 aliphatic carbocycles. The molecule has 7 heteroatoms. The molecule has 0 amide bonds. The first kappa shape index (κ1) is 15.8. The molecular weight excluding hydrogens is 373 g/mol. The lowest BCUT2D eigenvalue weighted by atomic mass is 10.3. The summed E-state index contributed by atoms with van der Waals surface area (Å²) in [5.74, 6) is 0.384. The summed E-state index contributed by atoms with van der Waals surface area (Å²) in [4.78, 5) is 4.23. The molecule has 0 saturated carbocycles. The molecule has 3 N–H and O–H groups in total. The molecule has 0 radical (unpaired) electrons. The molecule has 0 aliphatic heterocycles. The Kier molecular flexibility index (Phi) is 6.71. The number of nitrogens with zero attached hydrogens (tertiary/aromatic N) is 3. The predicted molar refractivity (Wildman–Crippen MR) is 90.1 cm³/mol. The Morgan fingerprint density at radius 3 is 2.58 bits per heavy atom. The third-order valence-electron chi connectivity index (χ3n) is 2.24.